The van der Waals surface area contributed by atoms with Gasteiger partial charge in [0.15, 0.2) is 0 Å². The van der Waals surface area contributed by atoms with Gasteiger partial charge in [0, 0.05) is 31.7 Å². The van der Waals surface area contributed by atoms with E-state index < -0.39 is 10.0 Å². The topological polar surface area (TPSA) is 96.8 Å². The molecule has 3 rings (SSSR count). The van der Waals surface area contributed by atoms with E-state index in [1.54, 1.807) is 17.2 Å². The number of nitrogens with zero attached hydrogens (tertiary/aromatic N) is 2. The maximum absolute atomic E-state index is 12.6. The summed E-state index contributed by atoms with van der Waals surface area (Å²) in [5, 5.41) is 5.12. The third-order valence-electron chi connectivity index (χ3n) is 4.03. The zero-order chi connectivity index (χ0) is 17.2. The molecule has 1 fully saturated rings. The molecule has 2 heterocycles. The van der Waals surface area contributed by atoms with E-state index in [1.807, 2.05) is 12.1 Å². The Labute approximate surface area is 140 Å². The van der Waals surface area contributed by atoms with Gasteiger partial charge in [-0.25, -0.2) is 13.6 Å². The molecule has 0 saturated carbocycles. The summed E-state index contributed by atoms with van der Waals surface area (Å²) in [4.78, 5) is 16.4. The third-order valence-corrected chi connectivity index (χ3v) is 4.94. The van der Waals surface area contributed by atoms with Gasteiger partial charge in [-0.05, 0) is 30.3 Å². The van der Waals surface area contributed by atoms with Crippen LogP contribution in [0.3, 0.4) is 0 Å². The van der Waals surface area contributed by atoms with Crippen molar-refractivity contribution in [3.8, 4) is 0 Å². The number of amides is 1. The number of benzene rings is 1. The van der Waals surface area contributed by atoms with Crippen LogP contribution in [0.25, 0.3) is 0 Å². The Morgan fingerprint density at radius 2 is 1.88 bits per heavy atom. The van der Waals surface area contributed by atoms with Gasteiger partial charge in [-0.2, -0.15) is 0 Å². The highest BCUT2D eigenvalue weighted by atomic mass is 32.2. The molecule has 1 amide bonds. The molecule has 7 nitrogen and oxygen atoms in total. The maximum Gasteiger partial charge on any atom is 0.253 e. The van der Waals surface area contributed by atoms with Crippen LogP contribution in [-0.2, 0) is 16.6 Å². The average Bonchev–Trinajstić information content (AvgIpc) is 3.07. The summed E-state index contributed by atoms with van der Waals surface area (Å²) < 4.78 is 28.2. The Bertz CT molecular complexity index is 810. The Kier molecular flexibility index (Phi) is 4.70. The summed E-state index contributed by atoms with van der Waals surface area (Å²) in [7, 11) is -3.82. The molecule has 0 unspecified atom stereocenters. The van der Waals surface area contributed by atoms with Crippen LogP contribution in [0, 0.1) is 0 Å². The van der Waals surface area contributed by atoms with Crippen LogP contribution in [0.1, 0.15) is 16.1 Å². The summed E-state index contributed by atoms with van der Waals surface area (Å²) in [6.07, 6.45) is 1.65. The summed E-state index contributed by atoms with van der Waals surface area (Å²) in [5.41, 5.74) is 0.334. The van der Waals surface area contributed by atoms with Crippen molar-refractivity contribution in [1.82, 2.24) is 9.80 Å². The van der Waals surface area contributed by atoms with E-state index in [9.17, 15) is 13.2 Å². The third kappa shape index (κ3) is 3.84. The second-order valence-electron chi connectivity index (χ2n) is 5.72. The largest absolute Gasteiger partial charge is 0.468 e. The van der Waals surface area contributed by atoms with E-state index in [-0.39, 0.29) is 10.8 Å². The minimum atomic E-state index is -3.82. The van der Waals surface area contributed by atoms with Crippen LogP contribution in [0.4, 0.5) is 0 Å². The lowest BCUT2D eigenvalue weighted by Gasteiger charge is -2.34. The molecule has 1 aromatic heterocycles. The number of hydrogen-bond donors (Lipinski definition) is 1. The lowest BCUT2D eigenvalue weighted by Crippen LogP contribution is -2.48. The van der Waals surface area contributed by atoms with E-state index in [0.29, 0.717) is 18.7 Å². The number of carbonyl (C=O) groups excluding carboxylic acids is 1. The van der Waals surface area contributed by atoms with Gasteiger partial charge in [0.1, 0.15) is 5.76 Å². The molecule has 1 aliphatic rings. The molecule has 8 heteroatoms. The van der Waals surface area contributed by atoms with Crippen LogP contribution < -0.4 is 5.14 Å². The van der Waals surface area contributed by atoms with Crippen LogP contribution in [0.5, 0.6) is 0 Å². The number of furan rings is 1. The van der Waals surface area contributed by atoms with E-state index >= 15 is 0 Å². The van der Waals surface area contributed by atoms with Gasteiger partial charge in [0.05, 0.1) is 17.7 Å². The highest BCUT2D eigenvalue weighted by Gasteiger charge is 2.23. The van der Waals surface area contributed by atoms with Crippen molar-refractivity contribution in [2.45, 2.75) is 11.4 Å². The zero-order valence-corrected chi connectivity index (χ0v) is 13.9. The van der Waals surface area contributed by atoms with Gasteiger partial charge < -0.3 is 9.32 Å². The molecule has 0 aliphatic carbocycles. The van der Waals surface area contributed by atoms with Crippen molar-refractivity contribution in [3.63, 3.8) is 0 Å². The summed E-state index contributed by atoms with van der Waals surface area (Å²) in [5.74, 6) is 0.716. The molecule has 1 aliphatic heterocycles. The van der Waals surface area contributed by atoms with Crippen LogP contribution in [0.15, 0.2) is 52.0 Å². The minimum Gasteiger partial charge on any atom is -0.468 e. The molecule has 0 bridgehead atoms. The second-order valence-corrected chi connectivity index (χ2v) is 7.28. The van der Waals surface area contributed by atoms with Crippen molar-refractivity contribution < 1.29 is 17.6 Å². The number of rotatable bonds is 4. The molecule has 0 radical (unpaired) electrons. The summed E-state index contributed by atoms with van der Waals surface area (Å²) in [6, 6.07) is 9.62. The Morgan fingerprint density at radius 3 is 2.50 bits per heavy atom. The van der Waals surface area contributed by atoms with Gasteiger partial charge in [-0.3, -0.25) is 9.69 Å². The molecule has 0 spiro atoms. The molecular formula is C16H19N3O4S. The highest BCUT2D eigenvalue weighted by molar-refractivity contribution is 7.89. The Morgan fingerprint density at radius 1 is 1.12 bits per heavy atom. The Hall–Kier alpha value is -2.16. The van der Waals surface area contributed by atoms with Gasteiger partial charge in [0.25, 0.3) is 5.91 Å². The van der Waals surface area contributed by atoms with E-state index in [2.05, 4.69) is 4.90 Å². The van der Waals surface area contributed by atoms with Crippen LogP contribution in [-0.4, -0.2) is 50.3 Å². The van der Waals surface area contributed by atoms with Crippen LogP contribution in [0.2, 0.25) is 0 Å². The van der Waals surface area contributed by atoms with E-state index in [1.165, 1.54) is 18.2 Å². The maximum atomic E-state index is 12.6. The zero-order valence-electron chi connectivity index (χ0n) is 13.1. The normalized spacial score (nSPS) is 16.3. The van der Waals surface area contributed by atoms with E-state index in [0.717, 1.165) is 25.4 Å². The van der Waals surface area contributed by atoms with Crippen molar-refractivity contribution in [2.75, 3.05) is 26.2 Å². The fourth-order valence-electron chi connectivity index (χ4n) is 2.72. The van der Waals surface area contributed by atoms with Crippen molar-refractivity contribution in [2.24, 2.45) is 5.14 Å². The molecule has 1 saturated heterocycles. The lowest BCUT2D eigenvalue weighted by atomic mass is 10.2. The predicted molar refractivity (Wildman–Crippen MR) is 87.7 cm³/mol. The highest BCUT2D eigenvalue weighted by Crippen LogP contribution is 2.15. The molecule has 1 aromatic carbocycles. The predicted octanol–water partition coefficient (Wildman–Crippen LogP) is 0.885. The van der Waals surface area contributed by atoms with Gasteiger partial charge in [-0.15, -0.1) is 0 Å². The Balaban J connectivity index is 1.63. The number of carbonyl (C=O) groups is 1. The fourth-order valence-corrected chi connectivity index (χ4v) is 3.28. The smallest absolute Gasteiger partial charge is 0.253 e. The quantitative estimate of drug-likeness (QED) is 0.884. The second kappa shape index (κ2) is 6.76. The molecular weight excluding hydrogens is 330 g/mol. The standard InChI is InChI=1S/C16H19N3O4S/c17-24(21,22)15-5-1-3-13(11-15)16(20)19-8-6-18(7-9-19)12-14-4-2-10-23-14/h1-5,10-11H,6-9,12H2,(H2,17,21,22). The fraction of sp³-hybridized carbons (Fsp3) is 0.312. The van der Waals surface area contributed by atoms with Crippen molar-refractivity contribution >= 4 is 15.9 Å². The summed E-state index contributed by atoms with van der Waals surface area (Å²) >= 11 is 0. The first kappa shape index (κ1) is 16.7. The number of nitrogens with two attached hydrogens (primary N) is 1. The monoisotopic (exact) mass is 349 g/mol. The lowest BCUT2D eigenvalue weighted by molar-refractivity contribution is 0.0620. The SMILES string of the molecule is NS(=O)(=O)c1cccc(C(=O)N2CCN(Cc3ccco3)CC2)c1. The first-order chi connectivity index (χ1) is 11.4. The average molecular weight is 349 g/mol. The number of sulfonamides is 1. The van der Waals surface area contributed by atoms with Gasteiger partial charge in [-0.1, -0.05) is 6.07 Å². The number of hydrogen-bond acceptors (Lipinski definition) is 5. The summed E-state index contributed by atoms with van der Waals surface area (Å²) in [6.45, 7) is 3.36. The molecule has 2 N–H and O–H groups in total. The molecule has 128 valence electrons. The molecule has 24 heavy (non-hydrogen) atoms. The first-order valence-corrected chi connectivity index (χ1v) is 9.15. The van der Waals surface area contributed by atoms with Gasteiger partial charge in [0.2, 0.25) is 10.0 Å². The first-order valence-electron chi connectivity index (χ1n) is 7.60. The molecule has 2 aromatic rings. The van der Waals surface area contributed by atoms with Gasteiger partial charge >= 0.3 is 0 Å². The molecule has 0 atom stereocenters. The van der Waals surface area contributed by atoms with Crippen molar-refractivity contribution in [1.29, 1.82) is 0 Å². The number of primary sulfonamides is 1. The number of piperazine rings is 1. The van der Waals surface area contributed by atoms with Crippen LogP contribution >= 0.6 is 0 Å². The minimum absolute atomic E-state index is 0.0511. The van der Waals surface area contributed by atoms with E-state index in [4.69, 9.17) is 9.56 Å². The van der Waals surface area contributed by atoms with Crippen molar-refractivity contribution in [3.05, 3.63) is 54.0 Å².